The Hall–Kier alpha value is -1.70. The van der Waals surface area contributed by atoms with Crippen LogP contribution in [0.5, 0.6) is 0 Å². The van der Waals surface area contributed by atoms with Crippen molar-refractivity contribution >= 4 is 21.4 Å². The molecule has 0 aliphatic rings. The summed E-state index contributed by atoms with van der Waals surface area (Å²) in [5, 5.41) is 2.30. The summed E-state index contributed by atoms with van der Waals surface area (Å²) in [5.74, 6) is -2.88. The normalized spacial score (nSPS) is 12.2. The third-order valence-corrected chi connectivity index (χ3v) is 5.16. The van der Waals surface area contributed by atoms with Crippen LogP contribution >= 0.6 is 0 Å². The van der Waals surface area contributed by atoms with E-state index in [4.69, 9.17) is 5.73 Å². The van der Waals surface area contributed by atoms with Gasteiger partial charge in [-0.1, -0.05) is 0 Å². The number of amides is 1. The molecule has 3 N–H and O–H groups in total. The van der Waals surface area contributed by atoms with E-state index in [1.165, 1.54) is 13.8 Å². The molecule has 0 atom stereocenters. The molecule has 0 saturated heterocycles. The van der Waals surface area contributed by atoms with E-state index >= 15 is 0 Å². The number of rotatable bonds is 4. The number of anilines is 1. The van der Waals surface area contributed by atoms with Crippen LogP contribution < -0.4 is 11.1 Å². The summed E-state index contributed by atoms with van der Waals surface area (Å²) in [7, 11) is -3.40. The highest BCUT2D eigenvalue weighted by atomic mass is 32.2. The van der Waals surface area contributed by atoms with Crippen molar-refractivity contribution in [2.45, 2.75) is 18.6 Å². The average molecular weight is 306 g/mol. The maximum absolute atomic E-state index is 13.5. The van der Waals surface area contributed by atoms with Crippen LogP contribution in [0.15, 0.2) is 12.1 Å². The molecule has 112 valence electrons. The van der Waals surface area contributed by atoms with E-state index in [0.717, 1.165) is 12.3 Å². The predicted octanol–water partition coefficient (Wildman–Crippen LogP) is 1.10. The Bertz CT molecular complexity index is 642. The number of carbonyl (C=O) groups excluding carboxylic acids is 1. The first-order chi connectivity index (χ1) is 8.95. The lowest BCUT2D eigenvalue weighted by molar-refractivity contribution is 0.0946. The molecular formula is C12H16F2N2O3S. The van der Waals surface area contributed by atoms with Gasteiger partial charge in [0.15, 0.2) is 9.84 Å². The molecule has 1 amide bonds. The number of nitrogen functional groups attached to an aromatic ring is 1. The third-order valence-electron chi connectivity index (χ3n) is 3.01. The van der Waals surface area contributed by atoms with Crippen molar-refractivity contribution in [1.29, 1.82) is 0 Å². The molecule has 0 heterocycles. The fraction of sp³-hybridized carbons (Fsp3) is 0.417. The second-order valence-electron chi connectivity index (χ2n) is 5.07. The monoisotopic (exact) mass is 306 g/mol. The van der Waals surface area contributed by atoms with Gasteiger partial charge in [0.1, 0.15) is 11.6 Å². The van der Waals surface area contributed by atoms with Crippen LogP contribution in [0.25, 0.3) is 0 Å². The smallest absolute Gasteiger partial charge is 0.254 e. The van der Waals surface area contributed by atoms with Crippen molar-refractivity contribution < 1.29 is 22.0 Å². The minimum Gasteiger partial charge on any atom is -0.396 e. The van der Waals surface area contributed by atoms with E-state index in [2.05, 4.69) is 5.32 Å². The van der Waals surface area contributed by atoms with Crippen molar-refractivity contribution in [1.82, 2.24) is 5.32 Å². The molecule has 1 rings (SSSR count). The van der Waals surface area contributed by atoms with Crippen LogP contribution in [0.2, 0.25) is 0 Å². The van der Waals surface area contributed by atoms with Crippen molar-refractivity contribution in [3.63, 3.8) is 0 Å². The minimum absolute atomic E-state index is 0.207. The molecule has 0 unspecified atom stereocenters. The fourth-order valence-electron chi connectivity index (χ4n) is 1.26. The number of benzene rings is 1. The van der Waals surface area contributed by atoms with Gasteiger partial charge in [-0.05, 0) is 19.9 Å². The van der Waals surface area contributed by atoms with Crippen LogP contribution in [0.3, 0.4) is 0 Å². The molecule has 0 fully saturated rings. The van der Waals surface area contributed by atoms with Gasteiger partial charge in [0.2, 0.25) is 0 Å². The number of sulfone groups is 1. The SMILES string of the molecule is CC(C)(CNC(=O)c1cc(N)c(F)cc1F)S(C)(=O)=O. The molecular weight excluding hydrogens is 290 g/mol. The number of nitrogens with one attached hydrogen (secondary N) is 1. The average Bonchev–Trinajstić information content (AvgIpc) is 2.29. The standard InChI is InChI=1S/C12H16F2N2O3S/c1-12(2,20(3,18)19)6-16-11(17)7-4-10(15)9(14)5-8(7)13/h4-5H,6,15H2,1-3H3,(H,16,17). The summed E-state index contributed by atoms with van der Waals surface area (Å²) in [4.78, 5) is 11.8. The van der Waals surface area contributed by atoms with Crippen LogP contribution in [0, 0.1) is 11.6 Å². The van der Waals surface area contributed by atoms with Crippen LogP contribution in [0.4, 0.5) is 14.5 Å². The molecule has 0 bridgehead atoms. The van der Waals surface area contributed by atoms with Gasteiger partial charge in [-0.3, -0.25) is 4.79 Å². The lowest BCUT2D eigenvalue weighted by Crippen LogP contribution is -2.43. The van der Waals surface area contributed by atoms with Gasteiger partial charge in [0, 0.05) is 18.9 Å². The maximum Gasteiger partial charge on any atom is 0.254 e. The van der Waals surface area contributed by atoms with Crippen molar-refractivity contribution in [2.75, 3.05) is 18.5 Å². The Morgan fingerprint density at radius 3 is 2.35 bits per heavy atom. The van der Waals surface area contributed by atoms with Gasteiger partial charge < -0.3 is 11.1 Å². The second kappa shape index (κ2) is 5.35. The molecule has 0 aliphatic heterocycles. The summed E-state index contributed by atoms with van der Waals surface area (Å²) in [5.41, 5.74) is 4.46. The molecule has 0 aromatic heterocycles. The summed E-state index contributed by atoms with van der Waals surface area (Å²) in [6, 6.07) is 1.37. The first-order valence-electron chi connectivity index (χ1n) is 5.68. The van der Waals surface area contributed by atoms with Crippen LogP contribution in [0.1, 0.15) is 24.2 Å². The van der Waals surface area contributed by atoms with E-state index in [1.54, 1.807) is 0 Å². The van der Waals surface area contributed by atoms with E-state index in [0.29, 0.717) is 6.07 Å². The van der Waals surface area contributed by atoms with Crippen LogP contribution in [-0.2, 0) is 9.84 Å². The zero-order valence-electron chi connectivity index (χ0n) is 11.3. The first-order valence-corrected chi connectivity index (χ1v) is 7.57. The zero-order valence-corrected chi connectivity index (χ0v) is 12.1. The number of halogens is 2. The lowest BCUT2D eigenvalue weighted by atomic mass is 10.1. The van der Waals surface area contributed by atoms with Gasteiger partial charge in [0.25, 0.3) is 5.91 Å². The Balaban J connectivity index is 2.92. The van der Waals surface area contributed by atoms with Gasteiger partial charge in [-0.25, -0.2) is 17.2 Å². The van der Waals surface area contributed by atoms with Crippen LogP contribution in [-0.4, -0.2) is 31.9 Å². The highest BCUT2D eigenvalue weighted by Gasteiger charge is 2.31. The Kier molecular flexibility index (Phi) is 4.38. The summed E-state index contributed by atoms with van der Waals surface area (Å²) >= 11 is 0. The molecule has 5 nitrogen and oxygen atoms in total. The van der Waals surface area contributed by atoms with Gasteiger partial charge in [0.05, 0.1) is 16.0 Å². The lowest BCUT2D eigenvalue weighted by Gasteiger charge is -2.22. The summed E-state index contributed by atoms with van der Waals surface area (Å²) in [6.45, 7) is 2.65. The number of hydrogen-bond donors (Lipinski definition) is 2. The molecule has 0 radical (unpaired) electrons. The van der Waals surface area contributed by atoms with E-state index in [-0.39, 0.29) is 12.2 Å². The molecule has 0 spiro atoms. The number of nitrogens with two attached hydrogens (primary N) is 1. The van der Waals surface area contributed by atoms with Crippen molar-refractivity contribution in [3.8, 4) is 0 Å². The van der Waals surface area contributed by atoms with Crippen molar-refractivity contribution in [3.05, 3.63) is 29.3 Å². The predicted molar refractivity (Wildman–Crippen MR) is 72.0 cm³/mol. The van der Waals surface area contributed by atoms with Gasteiger partial charge in [-0.2, -0.15) is 0 Å². The molecule has 1 aromatic carbocycles. The second-order valence-corrected chi connectivity index (χ2v) is 7.72. The van der Waals surface area contributed by atoms with Gasteiger partial charge >= 0.3 is 0 Å². The maximum atomic E-state index is 13.5. The van der Waals surface area contributed by atoms with Gasteiger partial charge in [-0.15, -0.1) is 0 Å². The van der Waals surface area contributed by atoms with Crippen molar-refractivity contribution in [2.24, 2.45) is 0 Å². The highest BCUT2D eigenvalue weighted by molar-refractivity contribution is 7.92. The number of hydrogen-bond acceptors (Lipinski definition) is 4. The molecule has 8 heteroatoms. The topological polar surface area (TPSA) is 89.3 Å². The first kappa shape index (κ1) is 16.4. The van der Waals surface area contributed by atoms with E-state index in [9.17, 15) is 22.0 Å². The Morgan fingerprint density at radius 2 is 1.85 bits per heavy atom. The molecule has 1 aromatic rings. The molecule has 0 aliphatic carbocycles. The Labute approximate surface area is 116 Å². The Morgan fingerprint density at radius 1 is 1.30 bits per heavy atom. The fourth-order valence-corrected chi connectivity index (χ4v) is 1.59. The van der Waals surface area contributed by atoms with E-state index in [1.807, 2.05) is 0 Å². The summed E-state index contributed by atoms with van der Waals surface area (Å²) in [6.07, 6.45) is 1.04. The zero-order chi connectivity index (χ0) is 15.7. The quantitative estimate of drug-likeness (QED) is 0.815. The van der Waals surface area contributed by atoms with E-state index < -0.39 is 37.7 Å². The molecule has 0 saturated carbocycles. The highest BCUT2D eigenvalue weighted by Crippen LogP contribution is 2.18. The number of carbonyl (C=O) groups is 1. The third kappa shape index (κ3) is 3.44. The minimum atomic E-state index is -3.40. The molecule has 20 heavy (non-hydrogen) atoms. The largest absolute Gasteiger partial charge is 0.396 e. The summed E-state index contributed by atoms with van der Waals surface area (Å²) < 4.78 is 48.2.